The fourth-order valence-electron chi connectivity index (χ4n) is 2.76. The Morgan fingerprint density at radius 3 is 2.42 bits per heavy atom. The SMILES string of the molecule is Cc1cc(OC(F)(F)F)ccc1Nc1cc(-c2ccncc2)nc(NCCN(C)C)n1. The van der Waals surface area contributed by atoms with Gasteiger partial charge in [-0.15, -0.1) is 13.2 Å². The zero-order valence-electron chi connectivity index (χ0n) is 17.4. The van der Waals surface area contributed by atoms with Gasteiger partial charge in [0.15, 0.2) is 0 Å². The summed E-state index contributed by atoms with van der Waals surface area (Å²) in [5.41, 5.74) is 2.73. The summed E-state index contributed by atoms with van der Waals surface area (Å²) in [5, 5.41) is 6.36. The van der Waals surface area contributed by atoms with E-state index in [0.29, 0.717) is 35.3 Å². The molecule has 0 aliphatic carbocycles. The van der Waals surface area contributed by atoms with Gasteiger partial charge in [0.2, 0.25) is 5.95 Å². The number of aryl methyl sites for hydroxylation is 1. The number of ether oxygens (including phenoxy) is 1. The molecule has 0 amide bonds. The third kappa shape index (κ3) is 6.82. The van der Waals surface area contributed by atoms with E-state index in [0.717, 1.165) is 12.1 Å². The molecule has 2 heterocycles. The topological polar surface area (TPSA) is 75.2 Å². The van der Waals surface area contributed by atoms with E-state index in [1.807, 2.05) is 31.1 Å². The van der Waals surface area contributed by atoms with Gasteiger partial charge in [-0.2, -0.15) is 4.98 Å². The van der Waals surface area contributed by atoms with Crippen LogP contribution in [0.2, 0.25) is 0 Å². The second-order valence-corrected chi connectivity index (χ2v) is 7.08. The number of hydrogen-bond donors (Lipinski definition) is 2. The number of alkyl halides is 3. The van der Waals surface area contributed by atoms with E-state index in [1.54, 1.807) is 25.4 Å². The zero-order valence-corrected chi connectivity index (χ0v) is 17.4. The summed E-state index contributed by atoms with van der Waals surface area (Å²) in [7, 11) is 3.94. The molecule has 0 aliphatic heterocycles. The molecule has 0 bridgehead atoms. The van der Waals surface area contributed by atoms with E-state index in [9.17, 15) is 13.2 Å². The number of nitrogens with zero attached hydrogens (tertiary/aromatic N) is 4. The average molecular weight is 432 g/mol. The van der Waals surface area contributed by atoms with Crippen LogP contribution in [0, 0.1) is 6.92 Å². The van der Waals surface area contributed by atoms with Crippen LogP contribution in [0.5, 0.6) is 5.75 Å². The minimum absolute atomic E-state index is 0.276. The summed E-state index contributed by atoms with van der Waals surface area (Å²) in [6, 6.07) is 9.53. The largest absolute Gasteiger partial charge is 0.573 e. The second kappa shape index (κ2) is 9.61. The summed E-state index contributed by atoms with van der Waals surface area (Å²) < 4.78 is 41.3. The highest BCUT2D eigenvalue weighted by atomic mass is 19.4. The number of nitrogens with one attached hydrogen (secondary N) is 2. The van der Waals surface area contributed by atoms with Crippen LogP contribution in [0.15, 0.2) is 48.8 Å². The van der Waals surface area contributed by atoms with Crippen molar-refractivity contribution in [2.75, 3.05) is 37.8 Å². The van der Waals surface area contributed by atoms with E-state index in [4.69, 9.17) is 0 Å². The molecule has 2 N–H and O–H groups in total. The number of likely N-dealkylation sites (N-methyl/N-ethyl adjacent to an activating group) is 1. The first-order valence-corrected chi connectivity index (χ1v) is 9.51. The highest BCUT2D eigenvalue weighted by Gasteiger charge is 2.31. The highest BCUT2D eigenvalue weighted by Crippen LogP contribution is 2.29. The molecule has 0 spiro atoms. The Morgan fingerprint density at radius 2 is 1.77 bits per heavy atom. The zero-order chi connectivity index (χ0) is 22.4. The number of halogens is 3. The van der Waals surface area contributed by atoms with Crippen LogP contribution in [0.3, 0.4) is 0 Å². The van der Waals surface area contributed by atoms with Crippen LogP contribution < -0.4 is 15.4 Å². The van der Waals surface area contributed by atoms with Gasteiger partial charge in [-0.05, 0) is 56.9 Å². The van der Waals surface area contributed by atoms with Crippen LogP contribution in [0.25, 0.3) is 11.3 Å². The van der Waals surface area contributed by atoms with Gasteiger partial charge in [0.1, 0.15) is 11.6 Å². The Kier molecular flexibility index (Phi) is 6.91. The van der Waals surface area contributed by atoms with Gasteiger partial charge in [-0.25, -0.2) is 4.98 Å². The van der Waals surface area contributed by atoms with Crippen molar-refractivity contribution in [1.82, 2.24) is 19.9 Å². The monoisotopic (exact) mass is 432 g/mol. The first kappa shape index (κ1) is 22.3. The van der Waals surface area contributed by atoms with Crippen LogP contribution in [0.1, 0.15) is 5.56 Å². The van der Waals surface area contributed by atoms with Crippen molar-refractivity contribution in [2.24, 2.45) is 0 Å². The smallest absolute Gasteiger partial charge is 0.406 e. The summed E-state index contributed by atoms with van der Waals surface area (Å²) in [4.78, 5) is 15.1. The van der Waals surface area contributed by atoms with Crippen molar-refractivity contribution >= 4 is 17.5 Å². The van der Waals surface area contributed by atoms with E-state index < -0.39 is 6.36 Å². The van der Waals surface area contributed by atoms with Crippen molar-refractivity contribution in [2.45, 2.75) is 13.3 Å². The van der Waals surface area contributed by atoms with E-state index in [-0.39, 0.29) is 5.75 Å². The first-order valence-electron chi connectivity index (χ1n) is 9.51. The molecule has 10 heteroatoms. The van der Waals surface area contributed by atoms with E-state index in [2.05, 4.69) is 30.3 Å². The van der Waals surface area contributed by atoms with Crippen LogP contribution in [0.4, 0.5) is 30.6 Å². The summed E-state index contributed by atoms with van der Waals surface area (Å²) in [6.45, 7) is 3.13. The maximum atomic E-state index is 12.5. The van der Waals surface area contributed by atoms with Gasteiger partial charge in [0.25, 0.3) is 0 Å². The predicted octanol–water partition coefficient (Wildman–Crippen LogP) is 4.46. The molecular weight excluding hydrogens is 409 g/mol. The standard InChI is InChI=1S/C21H23F3N6O/c1-14-12-16(31-21(22,23)24)4-5-17(14)27-19-13-18(15-6-8-25-9-7-15)28-20(29-19)26-10-11-30(2)3/h4-9,12-13H,10-11H2,1-3H3,(H2,26,27,28,29). The molecule has 3 rings (SSSR count). The lowest BCUT2D eigenvalue weighted by Gasteiger charge is -2.15. The Bertz CT molecular complexity index is 1010. The molecule has 0 atom stereocenters. The number of benzene rings is 1. The molecule has 3 aromatic rings. The Labute approximate surface area is 178 Å². The lowest BCUT2D eigenvalue weighted by atomic mass is 10.1. The van der Waals surface area contributed by atoms with Gasteiger partial charge >= 0.3 is 6.36 Å². The van der Waals surface area contributed by atoms with Crippen molar-refractivity contribution in [3.63, 3.8) is 0 Å². The van der Waals surface area contributed by atoms with Crippen molar-refractivity contribution in [3.05, 3.63) is 54.4 Å². The summed E-state index contributed by atoms with van der Waals surface area (Å²) >= 11 is 0. The lowest BCUT2D eigenvalue weighted by Crippen LogP contribution is -2.21. The molecule has 7 nitrogen and oxygen atoms in total. The third-order valence-corrected chi connectivity index (χ3v) is 4.24. The Morgan fingerprint density at radius 1 is 1.03 bits per heavy atom. The molecule has 0 radical (unpaired) electrons. The Balaban J connectivity index is 1.87. The number of aromatic nitrogens is 3. The fraction of sp³-hybridized carbons (Fsp3) is 0.286. The Hall–Kier alpha value is -3.40. The molecule has 31 heavy (non-hydrogen) atoms. The van der Waals surface area contributed by atoms with E-state index >= 15 is 0 Å². The van der Waals surface area contributed by atoms with Crippen LogP contribution >= 0.6 is 0 Å². The van der Waals surface area contributed by atoms with Crippen LogP contribution in [-0.2, 0) is 0 Å². The number of hydrogen-bond acceptors (Lipinski definition) is 7. The first-order chi connectivity index (χ1) is 14.7. The lowest BCUT2D eigenvalue weighted by molar-refractivity contribution is -0.274. The summed E-state index contributed by atoms with van der Waals surface area (Å²) in [5.74, 6) is 0.664. The van der Waals surface area contributed by atoms with Gasteiger partial charge in [-0.1, -0.05) is 0 Å². The van der Waals surface area contributed by atoms with Crippen molar-refractivity contribution in [3.8, 4) is 17.0 Å². The van der Waals surface area contributed by atoms with Crippen LogP contribution in [-0.4, -0.2) is 53.4 Å². The molecule has 0 saturated carbocycles. The molecule has 1 aromatic carbocycles. The van der Waals surface area contributed by atoms with E-state index in [1.165, 1.54) is 18.2 Å². The number of rotatable bonds is 8. The molecule has 164 valence electrons. The third-order valence-electron chi connectivity index (χ3n) is 4.24. The summed E-state index contributed by atoms with van der Waals surface area (Å²) in [6.07, 6.45) is -1.39. The quantitative estimate of drug-likeness (QED) is 0.544. The van der Waals surface area contributed by atoms with Gasteiger partial charge in [-0.3, -0.25) is 4.98 Å². The predicted molar refractivity (Wildman–Crippen MR) is 113 cm³/mol. The normalized spacial score (nSPS) is 11.5. The van der Waals surface area contributed by atoms with Gasteiger partial charge in [0, 0.05) is 42.8 Å². The molecular formula is C21H23F3N6O. The highest BCUT2D eigenvalue weighted by molar-refractivity contribution is 5.68. The second-order valence-electron chi connectivity index (χ2n) is 7.08. The molecule has 0 unspecified atom stereocenters. The number of pyridine rings is 1. The minimum Gasteiger partial charge on any atom is -0.406 e. The maximum absolute atomic E-state index is 12.5. The van der Waals surface area contributed by atoms with Gasteiger partial charge < -0.3 is 20.3 Å². The molecule has 2 aromatic heterocycles. The minimum atomic E-state index is -4.74. The maximum Gasteiger partial charge on any atom is 0.573 e. The molecule has 0 saturated heterocycles. The molecule has 0 fully saturated rings. The average Bonchev–Trinajstić information content (AvgIpc) is 2.69. The molecule has 0 aliphatic rings. The van der Waals surface area contributed by atoms with Crippen molar-refractivity contribution in [1.29, 1.82) is 0 Å². The van der Waals surface area contributed by atoms with Crippen molar-refractivity contribution < 1.29 is 17.9 Å². The number of anilines is 3. The van der Waals surface area contributed by atoms with Gasteiger partial charge in [0.05, 0.1) is 5.69 Å². The fourth-order valence-corrected chi connectivity index (χ4v) is 2.76.